The van der Waals surface area contributed by atoms with Crippen molar-refractivity contribution in [1.29, 1.82) is 0 Å². The monoisotopic (exact) mass is 270 g/mol. The standard InChI is InChI=1S/C15H18N4O/c1-19(2)12-6-3-10(4-7-12)18-11-5-8-14(16)13(9-11)15(17)20/h3-9,18H,16H2,1-2H3,(H2,17,20). The van der Waals surface area contributed by atoms with E-state index in [1.165, 1.54) is 0 Å². The lowest BCUT2D eigenvalue weighted by Crippen LogP contribution is -2.13. The Morgan fingerprint density at radius 1 is 1.05 bits per heavy atom. The fourth-order valence-corrected chi connectivity index (χ4v) is 1.86. The number of anilines is 4. The van der Waals surface area contributed by atoms with Crippen molar-refractivity contribution >= 4 is 28.7 Å². The second kappa shape index (κ2) is 5.52. The average Bonchev–Trinajstić information content (AvgIpc) is 2.41. The summed E-state index contributed by atoms with van der Waals surface area (Å²) in [6.45, 7) is 0. The maximum Gasteiger partial charge on any atom is 0.250 e. The molecule has 0 bridgehead atoms. The van der Waals surface area contributed by atoms with E-state index < -0.39 is 5.91 Å². The van der Waals surface area contributed by atoms with Crippen LogP contribution in [0.2, 0.25) is 0 Å². The zero-order chi connectivity index (χ0) is 14.7. The second-order valence-corrected chi connectivity index (χ2v) is 4.73. The smallest absolute Gasteiger partial charge is 0.250 e. The van der Waals surface area contributed by atoms with E-state index in [1.807, 2.05) is 49.3 Å². The molecule has 5 heteroatoms. The lowest BCUT2D eigenvalue weighted by molar-refractivity contribution is 0.100. The molecule has 5 nitrogen and oxygen atoms in total. The van der Waals surface area contributed by atoms with Gasteiger partial charge in [0.2, 0.25) is 0 Å². The lowest BCUT2D eigenvalue weighted by Gasteiger charge is -2.14. The summed E-state index contributed by atoms with van der Waals surface area (Å²) in [6, 6.07) is 13.1. The number of nitrogens with zero attached hydrogens (tertiary/aromatic N) is 1. The van der Waals surface area contributed by atoms with E-state index in [9.17, 15) is 4.79 Å². The first-order valence-electron chi connectivity index (χ1n) is 6.21. The summed E-state index contributed by atoms with van der Waals surface area (Å²) in [5.41, 5.74) is 14.5. The van der Waals surface area contributed by atoms with E-state index in [2.05, 4.69) is 5.32 Å². The van der Waals surface area contributed by atoms with Crippen molar-refractivity contribution in [2.45, 2.75) is 0 Å². The minimum Gasteiger partial charge on any atom is -0.398 e. The molecule has 0 radical (unpaired) electrons. The molecule has 1 amide bonds. The van der Waals surface area contributed by atoms with Gasteiger partial charge >= 0.3 is 0 Å². The van der Waals surface area contributed by atoms with Crippen LogP contribution in [0.1, 0.15) is 10.4 Å². The van der Waals surface area contributed by atoms with Crippen LogP contribution in [0.4, 0.5) is 22.7 Å². The molecular formula is C15H18N4O. The third-order valence-electron chi connectivity index (χ3n) is 2.99. The van der Waals surface area contributed by atoms with Gasteiger partial charge in [-0.3, -0.25) is 4.79 Å². The Morgan fingerprint density at radius 2 is 1.65 bits per heavy atom. The predicted octanol–water partition coefficient (Wildman–Crippen LogP) is 2.18. The van der Waals surface area contributed by atoms with Crippen LogP contribution in [0, 0.1) is 0 Å². The highest BCUT2D eigenvalue weighted by atomic mass is 16.1. The van der Waals surface area contributed by atoms with E-state index in [4.69, 9.17) is 11.5 Å². The number of rotatable bonds is 4. The average molecular weight is 270 g/mol. The van der Waals surface area contributed by atoms with Gasteiger partial charge in [0.05, 0.1) is 5.56 Å². The number of hydrogen-bond donors (Lipinski definition) is 3. The van der Waals surface area contributed by atoms with Gasteiger partial charge in [-0.15, -0.1) is 0 Å². The van der Waals surface area contributed by atoms with Crippen LogP contribution in [-0.4, -0.2) is 20.0 Å². The van der Waals surface area contributed by atoms with E-state index in [0.717, 1.165) is 17.1 Å². The molecule has 2 aromatic carbocycles. The van der Waals surface area contributed by atoms with Crippen molar-refractivity contribution in [2.24, 2.45) is 5.73 Å². The number of nitrogens with two attached hydrogens (primary N) is 2. The van der Waals surface area contributed by atoms with Crippen molar-refractivity contribution in [1.82, 2.24) is 0 Å². The minimum absolute atomic E-state index is 0.319. The summed E-state index contributed by atoms with van der Waals surface area (Å²) in [5.74, 6) is -0.533. The number of nitrogens with one attached hydrogen (secondary N) is 1. The first-order chi connectivity index (χ1) is 9.47. The van der Waals surface area contributed by atoms with Gasteiger partial charge in [-0.1, -0.05) is 0 Å². The molecule has 0 unspecified atom stereocenters. The molecule has 0 spiro atoms. The van der Waals surface area contributed by atoms with Gasteiger partial charge in [-0.05, 0) is 42.5 Å². The van der Waals surface area contributed by atoms with Gasteiger partial charge < -0.3 is 21.7 Å². The third kappa shape index (κ3) is 3.00. The zero-order valence-corrected chi connectivity index (χ0v) is 11.6. The topological polar surface area (TPSA) is 84.4 Å². The summed E-state index contributed by atoms with van der Waals surface area (Å²) in [5, 5.41) is 3.21. The van der Waals surface area contributed by atoms with Crippen LogP contribution in [0.15, 0.2) is 42.5 Å². The molecule has 0 aliphatic rings. The molecule has 5 N–H and O–H groups in total. The quantitative estimate of drug-likeness (QED) is 0.743. The normalized spacial score (nSPS) is 10.1. The van der Waals surface area contributed by atoms with Crippen molar-refractivity contribution in [3.63, 3.8) is 0 Å². The summed E-state index contributed by atoms with van der Waals surface area (Å²) in [4.78, 5) is 13.3. The van der Waals surface area contributed by atoms with Gasteiger partial charge in [0.15, 0.2) is 0 Å². The second-order valence-electron chi connectivity index (χ2n) is 4.73. The fraction of sp³-hybridized carbons (Fsp3) is 0.133. The number of amides is 1. The van der Waals surface area contributed by atoms with Gasteiger partial charge in [-0.2, -0.15) is 0 Å². The Kier molecular flexibility index (Phi) is 3.79. The fourth-order valence-electron chi connectivity index (χ4n) is 1.86. The molecule has 0 aliphatic heterocycles. The van der Waals surface area contributed by atoms with Crippen LogP contribution in [0.25, 0.3) is 0 Å². The third-order valence-corrected chi connectivity index (χ3v) is 2.99. The molecule has 0 heterocycles. The molecular weight excluding hydrogens is 252 g/mol. The predicted molar refractivity (Wildman–Crippen MR) is 83.4 cm³/mol. The van der Waals surface area contributed by atoms with Gasteiger partial charge in [-0.25, -0.2) is 0 Å². The number of benzene rings is 2. The van der Waals surface area contributed by atoms with Gasteiger partial charge in [0, 0.05) is 36.8 Å². The Balaban J connectivity index is 2.21. The molecule has 2 rings (SSSR count). The van der Waals surface area contributed by atoms with Crippen molar-refractivity contribution < 1.29 is 4.79 Å². The van der Waals surface area contributed by atoms with Crippen molar-refractivity contribution in [3.8, 4) is 0 Å². The summed E-state index contributed by atoms with van der Waals surface area (Å²) in [7, 11) is 3.98. The molecule has 0 saturated carbocycles. The summed E-state index contributed by atoms with van der Waals surface area (Å²) < 4.78 is 0. The van der Waals surface area contributed by atoms with E-state index >= 15 is 0 Å². The number of hydrogen-bond acceptors (Lipinski definition) is 4. The molecule has 104 valence electrons. The van der Waals surface area contributed by atoms with Crippen LogP contribution >= 0.6 is 0 Å². The molecule has 0 aliphatic carbocycles. The maximum atomic E-state index is 11.3. The molecule has 2 aromatic rings. The summed E-state index contributed by atoms with van der Waals surface area (Å²) in [6.07, 6.45) is 0. The molecule has 0 atom stereocenters. The van der Waals surface area contributed by atoms with Crippen LogP contribution in [0.3, 0.4) is 0 Å². The van der Waals surface area contributed by atoms with Crippen LogP contribution in [-0.2, 0) is 0 Å². The first-order valence-corrected chi connectivity index (χ1v) is 6.21. The minimum atomic E-state index is -0.533. The lowest BCUT2D eigenvalue weighted by atomic mass is 10.1. The van der Waals surface area contributed by atoms with E-state index in [1.54, 1.807) is 12.1 Å². The molecule has 0 aromatic heterocycles. The maximum absolute atomic E-state index is 11.3. The van der Waals surface area contributed by atoms with E-state index in [0.29, 0.717) is 11.3 Å². The van der Waals surface area contributed by atoms with Crippen molar-refractivity contribution in [2.75, 3.05) is 30.0 Å². The van der Waals surface area contributed by atoms with Gasteiger partial charge in [0.1, 0.15) is 0 Å². The van der Waals surface area contributed by atoms with E-state index in [-0.39, 0.29) is 0 Å². The number of carbonyl (C=O) groups is 1. The van der Waals surface area contributed by atoms with Gasteiger partial charge in [0.25, 0.3) is 5.91 Å². The van der Waals surface area contributed by atoms with Crippen LogP contribution in [0.5, 0.6) is 0 Å². The first kappa shape index (κ1) is 13.7. The van der Waals surface area contributed by atoms with Crippen LogP contribution < -0.4 is 21.7 Å². The number of nitrogen functional groups attached to an aromatic ring is 1. The Hall–Kier alpha value is -2.69. The molecule has 0 fully saturated rings. The largest absolute Gasteiger partial charge is 0.398 e. The Morgan fingerprint density at radius 3 is 2.20 bits per heavy atom. The highest BCUT2D eigenvalue weighted by Crippen LogP contribution is 2.23. The number of carbonyl (C=O) groups excluding carboxylic acids is 1. The molecule has 0 saturated heterocycles. The highest BCUT2D eigenvalue weighted by molar-refractivity contribution is 5.99. The van der Waals surface area contributed by atoms with Crippen molar-refractivity contribution in [3.05, 3.63) is 48.0 Å². The number of primary amides is 1. The SMILES string of the molecule is CN(C)c1ccc(Nc2ccc(N)c(C(N)=O)c2)cc1. The highest BCUT2D eigenvalue weighted by Gasteiger charge is 2.07. The molecule has 20 heavy (non-hydrogen) atoms. The zero-order valence-electron chi connectivity index (χ0n) is 11.6. The Labute approximate surface area is 118 Å². The summed E-state index contributed by atoms with van der Waals surface area (Å²) >= 11 is 0. The Bertz CT molecular complexity index is 620.